The summed E-state index contributed by atoms with van der Waals surface area (Å²) < 4.78 is 0. The van der Waals surface area contributed by atoms with Gasteiger partial charge in [0, 0.05) is 16.9 Å². The average molecular weight is 215 g/mol. The van der Waals surface area contributed by atoms with E-state index in [2.05, 4.69) is 0 Å². The molecule has 0 aliphatic rings. The van der Waals surface area contributed by atoms with Crippen LogP contribution in [0.4, 0.5) is 0 Å². The van der Waals surface area contributed by atoms with Crippen molar-refractivity contribution in [3.05, 3.63) is 28.8 Å². The summed E-state index contributed by atoms with van der Waals surface area (Å²) >= 11 is 7.47. The number of halogens is 1. The zero-order valence-corrected chi connectivity index (χ0v) is 9.21. The highest BCUT2D eigenvalue weighted by Crippen LogP contribution is 2.26. The van der Waals surface area contributed by atoms with Gasteiger partial charge in [-0.1, -0.05) is 18.5 Å². The highest BCUT2D eigenvalue weighted by Gasteiger charge is 2.05. The molecule has 0 aromatic heterocycles. The van der Waals surface area contributed by atoms with E-state index in [1.54, 1.807) is 23.9 Å². The molecule has 0 radical (unpaired) electrons. The van der Waals surface area contributed by atoms with Gasteiger partial charge in [-0.25, -0.2) is 0 Å². The molecule has 0 aliphatic heterocycles. The molecule has 1 nitrogen and oxygen atoms in total. The fourth-order valence-corrected chi connectivity index (χ4v) is 1.89. The molecule has 0 aliphatic carbocycles. The summed E-state index contributed by atoms with van der Waals surface area (Å²) in [4.78, 5) is 12.3. The first kappa shape index (κ1) is 10.6. The lowest BCUT2D eigenvalue weighted by atomic mass is 10.1. The van der Waals surface area contributed by atoms with Crippen molar-refractivity contribution < 1.29 is 4.79 Å². The van der Waals surface area contributed by atoms with E-state index in [0.717, 1.165) is 10.5 Å². The zero-order valence-electron chi connectivity index (χ0n) is 7.63. The van der Waals surface area contributed by atoms with Gasteiger partial charge in [-0.2, -0.15) is 0 Å². The molecule has 0 amide bonds. The number of carbonyl (C=O) groups excluding carboxylic acids is 1. The third-order valence-corrected chi connectivity index (χ3v) is 3.01. The Labute approximate surface area is 87.5 Å². The predicted molar refractivity (Wildman–Crippen MR) is 57.9 cm³/mol. The largest absolute Gasteiger partial charge is 0.294 e. The number of Topliss-reactive ketones (excluding diaryl/α,β-unsaturated/α-hetero) is 1. The number of hydrogen-bond donors (Lipinski definition) is 0. The summed E-state index contributed by atoms with van der Waals surface area (Å²) in [6.07, 6.45) is 2.48. The van der Waals surface area contributed by atoms with Crippen LogP contribution < -0.4 is 0 Å². The average Bonchev–Trinajstić information content (AvgIpc) is 2.17. The molecule has 0 bridgehead atoms. The second kappa shape index (κ2) is 4.68. The van der Waals surface area contributed by atoms with E-state index in [1.807, 2.05) is 19.2 Å². The highest BCUT2D eigenvalue weighted by molar-refractivity contribution is 7.98. The maximum atomic E-state index is 11.3. The Morgan fingerprint density at radius 1 is 1.54 bits per heavy atom. The van der Waals surface area contributed by atoms with Crippen molar-refractivity contribution in [2.45, 2.75) is 18.2 Å². The molecule has 0 N–H and O–H groups in total. The van der Waals surface area contributed by atoms with Crippen LogP contribution in [-0.2, 0) is 0 Å². The van der Waals surface area contributed by atoms with E-state index < -0.39 is 0 Å². The van der Waals surface area contributed by atoms with Crippen molar-refractivity contribution in [3.8, 4) is 0 Å². The Hall–Kier alpha value is -0.470. The normalized spacial score (nSPS) is 10.1. The molecule has 0 saturated heterocycles. The lowest BCUT2D eigenvalue weighted by Crippen LogP contribution is -1.96. The van der Waals surface area contributed by atoms with Crippen molar-refractivity contribution in [2.75, 3.05) is 6.26 Å². The number of ketones is 1. The second-order valence-corrected chi connectivity index (χ2v) is 3.88. The molecule has 70 valence electrons. The van der Waals surface area contributed by atoms with Crippen molar-refractivity contribution >= 4 is 29.1 Å². The van der Waals surface area contributed by atoms with E-state index >= 15 is 0 Å². The minimum Gasteiger partial charge on any atom is -0.294 e. The molecule has 1 aromatic carbocycles. The number of thioether (sulfide) groups is 1. The van der Waals surface area contributed by atoms with Crippen LogP contribution in [0.3, 0.4) is 0 Å². The van der Waals surface area contributed by atoms with Gasteiger partial charge < -0.3 is 0 Å². The third-order valence-electron chi connectivity index (χ3n) is 1.79. The Kier molecular flexibility index (Phi) is 3.82. The smallest absolute Gasteiger partial charge is 0.162 e. The topological polar surface area (TPSA) is 17.1 Å². The van der Waals surface area contributed by atoms with Gasteiger partial charge >= 0.3 is 0 Å². The predicted octanol–water partition coefficient (Wildman–Crippen LogP) is 3.65. The Bertz CT molecular complexity index is 323. The van der Waals surface area contributed by atoms with Gasteiger partial charge in [-0.15, -0.1) is 11.8 Å². The molecule has 0 fully saturated rings. The number of rotatable bonds is 3. The van der Waals surface area contributed by atoms with Crippen molar-refractivity contribution in [1.29, 1.82) is 0 Å². The molecule has 0 heterocycles. The molecule has 1 aromatic rings. The molecular formula is C10H11ClOS. The van der Waals surface area contributed by atoms with Gasteiger partial charge in [0.25, 0.3) is 0 Å². The van der Waals surface area contributed by atoms with Crippen molar-refractivity contribution in [2.24, 2.45) is 0 Å². The fraction of sp³-hybridized carbons (Fsp3) is 0.300. The minimum atomic E-state index is 0.159. The Balaban J connectivity index is 3.06. The summed E-state index contributed by atoms with van der Waals surface area (Å²) in [6, 6.07) is 5.39. The van der Waals surface area contributed by atoms with Crippen LogP contribution in [0.25, 0.3) is 0 Å². The molecule has 0 saturated carbocycles. The molecule has 13 heavy (non-hydrogen) atoms. The Morgan fingerprint density at radius 2 is 2.23 bits per heavy atom. The van der Waals surface area contributed by atoms with Gasteiger partial charge in [0.1, 0.15) is 0 Å². The summed E-state index contributed by atoms with van der Waals surface area (Å²) in [5.74, 6) is 0.159. The van der Waals surface area contributed by atoms with E-state index in [-0.39, 0.29) is 5.78 Å². The standard InChI is InChI=1S/C10H11ClOS/c1-3-9(12)7-4-5-8(11)10(6-7)13-2/h4-6H,3H2,1-2H3. The van der Waals surface area contributed by atoms with Crippen LogP contribution in [-0.4, -0.2) is 12.0 Å². The molecule has 0 spiro atoms. The fourth-order valence-electron chi connectivity index (χ4n) is 1.04. The Morgan fingerprint density at radius 3 is 2.77 bits per heavy atom. The van der Waals surface area contributed by atoms with E-state index in [9.17, 15) is 4.79 Å². The van der Waals surface area contributed by atoms with Crippen molar-refractivity contribution in [1.82, 2.24) is 0 Å². The first-order valence-corrected chi connectivity index (χ1v) is 5.66. The molecular weight excluding hydrogens is 204 g/mol. The number of hydrogen-bond acceptors (Lipinski definition) is 2. The SMILES string of the molecule is CCC(=O)c1ccc(Cl)c(SC)c1. The van der Waals surface area contributed by atoms with E-state index in [4.69, 9.17) is 11.6 Å². The lowest BCUT2D eigenvalue weighted by molar-refractivity contribution is 0.0988. The van der Waals surface area contributed by atoms with Crippen LogP contribution >= 0.6 is 23.4 Å². The molecule has 0 atom stereocenters. The third kappa shape index (κ3) is 2.48. The second-order valence-electron chi connectivity index (χ2n) is 2.63. The van der Waals surface area contributed by atoms with Crippen LogP contribution in [0.5, 0.6) is 0 Å². The highest BCUT2D eigenvalue weighted by atomic mass is 35.5. The summed E-state index contributed by atoms with van der Waals surface area (Å²) in [6.45, 7) is 1.86. The van der Waals surface area contributed by atoms with E-state index in [0.29, 0.717) is 11.4 Å². The van der Waals surface area contributed by atoms with Crippen LogP contribution in [0.2, 0.25) is 5.02 Å². The van der Waals surface area contributed by atoms with E-state index in [1.165, 1.54) is 0 Å². The first-order chi connectivity index (χ1) is 6.19. The summed E-state index contributed by atoms with van der Waals surface area (Å²) in [5, 5.41) is 0.708. The van der Waals surface area contributed by atoms with Gasteiger partial charge in [-0.3, -0.25) is 4.79 Å². The maximum absolute atomic E-state index is 11.3. The van der Waals surface area contributed by atoms with Gasteiger partial charge in [0.05, 0.1) is 5.02 Å². The molecule has 3 heteroatoms. The van der Waals surface area contributed by atoms with Crippen LogP contribution in [0, 0.1) is 0 Å². The van der Waals surface area contributed by atoms with Crippen LogP contribution in [0.15, 0.2) is 23.1 Å². The molecule has 0 unspecified atom stereocenters. The zero-order chi connectivity index (χ0) is 9.84. The summed E-state index contributed by atoms with van der Waals surface area (Å²) in [7, 11) is 0. The van der Waals surface area contributed by atoms with Crippen LogP contribution in [0.1, 0.15) is 23.7 Å². The van der Waals surface area contributed by atoms with Gasteiger partial charge in [-0.05, 0) is 24.5 Å². The lowest BCUT2D eigenvalue weighted by Gasteiger charge is -2.03. The van der Waals surface area contributed by atoms with Crippen molar-refractivity contribution in [3.63, 3.8) is 0 Å². The number of carbonyl (C=O) groups is 1. The van der Waals surface area contributed by atoms with Gasteiger partial charge in [0.2, 0.25) is 0 Å². The first-order valence-electron chi connectivity index (χ1n) is 4.05. The monoisotopic (exact) mass is 214 g/mol. The maximum Gasteiger partial charge on any atom is 0.162 e. The minimum absolute atomic E-state index is 0.159. The molecule has 1 rings (SSSR count). The summed E-state index contributed by atoms with van der Waals surface area (Å²) in [5.41, 5.74) is 0.747. The quantitative estimate of drug-likeness (QED) is 0.564. The van der Waals surface area contributed by atoms with Gasteiger partial charge in [0.15, 0.2) is 5.78 Å². The number of benzene rings is 1.